The standard InChI is InChI=1S/C23H28N2O4S/c1-14(2)16(4)24-20(26)13-29-23(28)18-12-21(27)25(17-9-7-15(3)8-10-17)22(18)19-6-5-11-30-19/h5-11,14,16,18,22H,12-13H2,1-4H3,(H,24,26). The molecule has 1 aliphatic rings. The van der Waals surface area contributed by atoms with Gasteiger partial charge in [-0.25, -0.2) is 0 Å². The number of thiophene rings is 1. The molecule has 2 amide bonds. The molecule has 0 spiro atoms. The van der Waals surface area contributed by atoms with E-state index in [1.807, 2.05) is 69.5 Å². The maximum atomic E-state index is 12.9. The van der Waals surface area contributed by atoms with Crippen LogP contribution in [0.1, 0.15) is 43.7 Å². The van der Waals surface area contributed by atoms with Crippen molar-refractivity contribution in [3.05, 3.63) is 52.2 Å². The van der Waals surface area contributed by atoms with Crippen molar-refractivity contribution >= 4 is 34.8 Å². The second-order valence-electron chi connectivity index (χ2n) is 8.08. The predicted molar refractivity (Wildman–Crippen MR) is 117 cm³/mol. The van der Waals surface area contributed by atoms with Gasteiger partial charge in [0.15, 0.2) is 6.61 Å². The minimum Gasteiger partial charge on any atom is -0.455 e. The molecule has 1 saturated heterocycles. The summed E-state index contributed by atoms with van der Waals surface area (Å²) >= 11 is 1.50. The lowest BCUT2D eigenvalue weighted by atomic mass is 9.99. The Morgan fingerprint density at radius 2 is 1.90 bits per heavy atom. The number of nitrogens with zero attached hydrogens (tertiary/aromatic N) is 1. The molecule has 1 N–H and O–H groups in total. The van der Waals surface area contributed by atoms with Crippen LogP contribution in [0.15, 0.2) is 41.8 Å². The summed E-state index contributed by atoms with van der Waals surface area (Å²) < 4.78 is 5.32. The molecule has 1 aromatic carbocycles. The normalized spacial score (nSPS) is 19.8. The fraction of sp³-hybridized carbons (Fsp3) is 0.435. The number of amides is 2. The summed E-state index contributed by atoms with van der Waals surface area (Å²) in [4.78, 5) is 40.5. The number of carbonyl (C=O) groups excluding carboxylic acids is 3. The molecule has 0 saturated carbocycles. The summed E-state index contributed by atoms with van der Waals surface area (Å²) in [5.74, 6) is -1.37. The number of rotatable bonds is 7. The topological polar surface area (TPSA) is 75.7 Å². The second kappa shape index (κ2) is 9.43. The smallest absolute Gasteiger partial charge is 0.312 e. The molecule has 1 aliphatic heterocycles. The molecule has 3 unspecified atom stereocenters. The Labute approximate surface area is 181 Å². The first-order chi connectivity index (χ1) is 14.3. The molecule has 3 atom stereocenters. The van der Waals surface area contributed by atoms with E-state index in [0.29, 0.717) is 0 Å². The number of aryl methyl sites for hydroxylation is 1. The number of esters is 1. The van der Waals surface area contributed by atoms with E-state index in [9.17, 15) is 14.4 Å². The van der Waals surface area contributed by atoms with E-state index in [4.69, 9.17) is 4.74 Å². The van der Waals surface area contributed by atoms with Gasteiger partial charge in [-0.1, -0.05) is 37.6 Å². The number of anilines is 1. The van der Waals surface area contributed by atoms with Crippen LogP contribution in [0.2, 0.25) is 0 Å². The Balaban J connectivity index is 1.76. The average Bonchev–Trinajstić information content (AvgIpc) is 3.34. The van der Waals surface area contributed by atoms with Gasteiger partial charge in [-0.2, -0.15) is 0 Å². The Kier molecular flexibility index (Phi) is 6.92. The quantitative estimate of drug-likeness (QED) is 0.680. The molecule has 30 heavy (non-hydrogen) atoms. The molecule has 0 bridgehead atoms. The van der Waals surface area contributed by atoms with Gasteiger partial charge in [-0.3, -0.25) is 14.4 Å². The molecule has 2 aromatic rings. The van der Waals surface area contributed by atoms with Gasteiger partial charge >= 0.3 is 5.97 Å². The Morgan fingerprint density at radius 3 is 2.50 bits per heavy atom. The summed E-state index contributed by atoms with van der Waals surface area (Å²) in [7, 11) is 0. The van der Waals surface area contributed by atoms with Crippen LogP contribution >= 0.6 is 11.3 Å². The van der Waals surface area contributed by atoms with Crippen molar-refractivity contribution in [1.29, 1.82) is 0 Å². The highest BCUT2D eigenvalue weighted by Gasteiger charge is 2.46. The van der Waals surface area contributed by atoms with Crippen LogP contribution < -0.4 is 10.2 Å². The van der Waals surface area contributed by atoms with Gasteiger partial charge in [0.2, 0.25) is 5.91 Å². The molecule has 3 rings (SSSR count). The van der Waals surface area contributed by atoms with Crippen molar-refractivity contribution in [3.8, 4) is 0 Å². The Hall–Kier alpha value is -2.67. The van der Waals surface area contributed by atoms with Gasteiger partial charge in [0, 0.05) is 23.0 Å². The highest BCUT2D eigenvalue weighted by Crippen LogP contribution is 2.43. The Bertz CT molecular complexity index is 892. The van der Waals surface area contributed by atoms with E-state index in [1.54, 1.807) is 4.90 Å². The van der Waals surface area contributed by atoms with Gasteiger partial charge in [-0.05, 0) is 43.3 Å². The molecule has 0 aliphatic carbocycles. The first-order valence-electron chi connectivity index (χ1n) is 10.2. The third-order valence-corrected chi connectivity index (χ3v) is 6.45. The van der Waals surface area contributed by atoms with Crippen LogP contribution in [0, 0.1) is 18.8 Å². The van der Waals surface area contributed by atoms with Crippen LogP contribution in [0.5, 0.6) is 0 Å². The number of benzene rings is 1. The number of ether oxygens (including phenoxy) is 1. The van der Waals surface area contributed by atoms with Crippen LogP contribution in [0.25, 0.3) is 0 Å². The van der Waals surface area contributed by atoms with Crippen LogP contribution in [-0.4, -0.2) is 30.4 Å². The third-order valence-electron chi connectivity index (χ3n) is 5.51. The minimum absolute atomic E-state index is 0.0137. The van der Waals surface area contributed by atoms with E-state index >= 15 is 0 Å². The van der Waals surface area contributed by atoms with Gasteiger partial charge in [-0.15, -0.1) is 11.3 Å². The summed E-state index contributed by atoms with van der Waals surface area (Å²) in [5.41, 5.74) is 1.85. The zero-order chi connectivity index (χ0) is 21.8. The molecule has 6 nitrogen and oxygen atoms in total. The van der Waals surface area contributed by atoms with Crippen LogP contribution in [-0.2, 0) is 19.1 Å². The van der Waals surface area contributed by atoms with Gasteiger partial charge in [0.1, 0.15) is 0 Å². The summed E-state index contributed by atoms with van der Waals surface area (Å²) in [5, 5.41) is 4.75. The van der Waals surface area contributed by atoms with E-state index in [0.717, 1.165) is 16.1 Å². The van der Waals surface area contributed by atoms with E-state index < -0.39 is 17.9 Å². The van der Waals surface area contributed by atoms with Crippen molar-refractivity contribution < 1.29 is 19.1 Å². The van der Waals surface area contributed by atoms with Gasteiger partial charge < -0.3 is 15.0 Å². The number of hydrogen-bond donors (Lipinski definition) is 1. The van der Waals surface area contributed by atoms with Crippen molar-refractivity contribution in [3.63, 3.8) is 0 Å². The highest BCUT2D eigenvalue weighted by atomic mass is 32.1. The van der Waals surface area contributed by atoms with E-state index in [1.165, 1.54) is 11.3 Å². The predicted octanol–water partition coefficient (Wildman–Crippen LogP) is 3.85. The lowest BCUT2D eigenvalue weighted by Gasteiger charge is -2.27. The maximum absolute atomic E-state index is 12.9. The molecule has 2 heterocycles. The first kappa shape index (κ1) is 22.0. The fourth-order valence-electron chi connectivity index (χ4n) is 3.45. The second-order valence-corrected chi connectivity index (χ2v) is 9.06. The zero-order valence-electron chi connectivity index (χ0n) is 17.8. The van der Waals surface area contributed by atoms with Gasteiger partial charge in [0.05, 0.1) is 12.0 Å². The fourth-order valence-corrected chi connectivity index (χ4v) is 4.33. The lowest BCUT2D eigenvalue weighted by Crippen LogP contribution is -2.39. The van der Waals surface area contributed by atoms with Crippen molar-refractivity contribution in [1.82, 2.24) is 5.32 Å². The molecular weight excluding hydrogens is 400 g/mol. The highest BCUT2D eigenvalue weighted by molar-refractivity contribution is 7.10. The maximum Gasteiger partial charge on any atom is 0.312 e. The zero-order valence-corrected chi connectivity index (χ0v) is 18.6. The summed E-state index contributed by atoms with van der Waals surface area (Å²) in [6.45, 7) is 7.56. The molecule has 7 heteroatoms. The Morgan fingerprint density at radius 1 is 1.20 bits per heavy atom. The molecule has 1 fully saturated rings. The monoisotopic (exact) mass is 428 g/mol. The largest absolute Gasteiger partial charge is 0.455 e. The SMILES string of the molecule is Cc1ccc(N2C(=O)CC(C(=O)OCC(=O)NC(C)C(C)C)C2c2cccs2)cc1. The van der Waals surface area contributed by atoms with Crippen molar-refractivity contribution in [2.45, 2.75) is 46.2 Å². The molecule has 160 valence electrons. The summed E-state index contributed by atoms with van der Waals surface area (Å²) in [6.07, 6.45) is 0.0549. The minimum atomic E-state index is -0.659. The molecular formula is C23H28N2O4S. The average molecular weight is 429 g/mol. The third kappa shape index (κ3) is 4.90. The molecule has 0 radical (unpaired) electrons. The van der Waals surface area contributed by atoms with Crippen LogP contribution in [0.3, 0.4) is 0 Å². The van der Waals surface area contributed by atoms with Crippen LogP contribution in [0.4, 0.5) is 5.69 Å². The van der Waals surface area contributed by atoms with Gasteiger partial charge in [0.25, 0.3) is 5.91 Å². The van der Waals surface area contributed by atoms with E-state index in [-0.39, 0.29) is 36.8 Å². The first-order valence-corrected chi connectivity index (χ1v) is 11.0. The number of nitrogens with one attached hydrogen (secondary N) is 1. The summed E-state index contributed by atoms with van der Waals surface area (Å²) in [6, 6.07) is 11.0. The lowest BCUT2D eigenvalue weighted by molar-refractivity contribution is -0.153. The van der Waals surface area contributed by atoms with E-state index in [2.05, 4.69) is 5.32 Å². The molecule has 1 aromatic heterocycles. The van der Waals surface area contributed by atoms with Crippen molar-refractivity contribution in [2.24, 2.45) is 11.8 Å². The number of hydrogen-bond acceptors (Lipinski definition) is 5. The van der Waals surface area contributed by atoms with Crippen molar-refractivity contribution in [2.75, 3.05) is 11.5 Å². The number of carbonyl (C=O) groups is 3.